The van der Waals surface area contributed by atoms with E-state index in [1.54, 1.807) is 13.0 Å². The maximum atomic E-state index is 13.8. The largest absolute Gasteiger partial charge is 0.483 e. The quantitative estimate of drug-likeness (QED) is 0.218. The first-order valence-corrected chi connectivity index (χ1v) is 16.7. The molecular weight excluding hydrogens is 620 g/mol. The Morgan fingerprint density at radius 2 is 1.66 bits per heavy atom. The molecule has 1 saturated heterocycles. The Bertz CT molecular complexity index is 1540. The number of aliphatic hydroxyl groups excluding tert-OH is 1. The molecule has 1 unspecified atom stereocenters. The highest BCUT2D eigenvalue weighted by atomic mass is 32.2. The highest BCUT2D eigenvalue weighted by Gasteiger charge is 2.41. The molecule has 252 valence electrons. The van der Waals surface area contributed by atoms with Gasteiger partial charge in [-0.15, -0.1) is 11.8 Å². The average Bonchev–Trinajstić information content (AvgIpc) is 3.55. The predicted molar refractivity (Wildman–Crippen MR) is 182 cm³/mol. The smallest absolute Gasteiger partial charge is 0.258 e. The number of methoxy groups -OCH3 is 1. The molecule has 1 aliphatic rings. The third-order valence-corrected chi connectivity index (χ3v) is 8.79. The molecule has 5 atom stereocenters. The van der Waals surface area contributed by atoms with E-state index < -0.39 is 53.6 Å². The molecule has 4 N–H and O–H groups in total. The molecule has 0 bridgehead atoms. The predicted octanol–water partition coefficient (Wildman–Crippen LogP) is 2.64. The zero-order valence-corrected chi connectivity index (χ0v) is 28.2. The molecule has 0 aliphatic carbocycles. The van der Waals surface area contributed by atoms with Gasteiger partial charge < -0.3 is 35.4 Å². The van der Waals surface area contributed by atoms with Crippen LogP contribution in [0.1, 0.15) is 33.3 Å². The van der Waals surface area contributed by atoms with Gasteiger partial charge in [-0.1, -0.05) is 66.7 Å². The van der Waals surface area contributed by atoms with Crippen LogP contribution in [0.4, 0.5) is 0 Å². The first-order valence-electron chi connectivity index (χ1n) is 15.5. The van der Waals surface area contributed by atoms with E-state index in [-0.39, 0.29) is 24.8 Å². The fraction of sp³-hybridized carbons (Fsp3) is 0.429. The second kappa shape index (κ2) is 16.1. The molecule has 3 aromatic rings. The van der Waals surface area contributed by atoms with Gasteiger partial charge in [0.15, 0.2) is 12.7 Å². The molecule has 0 radical (unpaired) electrons. The van der Waals surface area contributed by atoms with Gasteiger partial charge in [-0.2, -0.15) is 0 Å². The van der Waals surface area contributed by atoms with Gasteiger partial charge in [-0.05, 0) is 51.1 Å². The molecule has 47 heavy (non-hydrogen) atoms. The minimum atomic E-state index is -1.67. The number of hydrogen-bond donors (Lipinski definition) is 4. The van der Waals surface area contributed by atoms with Gasteiger partial charge in [0.25, 0.3) is 11.8 Å². The maximum Gasteiger partial charge on any atom is 0.258 e. The molecule has 1 aliphatic heterocycles. The van der Waals surface area contributed by atoms with Crippen molar-refractivity contribution in [3.63, 3.8) is 0 Å². The van der Waals surface area contributed by atoms with E-state index >= 15 is 0 Å². The summed E-state index contributed by atoms with van der Waals surface area (Å²) in [4.78, 5) is 54.9. The van der Waals surface area contributed by atoms with E-state index in [0.717, 1.165) is 16.3 Å². The first-order chi connectivity index (χ1) is 22.4. The Kier molecular flexibility index (Phi) is 12.3. The number of nitrogens with one attached hydrogen (secondary N) is 3. The van der Waals surface area contributed by atoms with Crippen molar-refractivity contribution in [2.24, 2.45) is 0 Å². The SMILES string of the molecule is COC(C)[C@H](NC(=O)COc1cccc2ccccc12)C(=O)N[C@@H](Cc1ccccc1)[C@H](O)C(=O)N1CSC[C@H]1C(=O)NC(C)(C)C. The molecule has 0 aromatic heterocycles. The highest BCUT2D eigenvalue weighted by Crippen LogP contribution is 2.26. The number of amides is 4. The van der Waals surface area contributed by atoms with Crippen molar-refractivity contribution in [2.75, 3.05) is 25.3 Å². The lowest BCUT2D eigenvalue weighted by molar-refractivity contribution is -0.147. The molecule has 1 heterocycles. The van der Waals surface area contributed by atoms with Crippen LogP contribution in [0, 0.1) is 0 Å². The fourth-order valence-electron chi connectivity index (χ4n) is 5.27. The molecule has 0 spiro atoms. The summed E-state index contributed by atoms with van der Waals surface area (Å²) in [7, 11) is 1.41. The van der Waals surface area contributed by atoms with Gasteiger partial charge in [0.1, 0.15) is 17.8 Å². The van der Waals surface area contributed by atoms with Crippen molar-refractivity contribution >= 4 is 46.2 Å². The molecule has 4 rings (SSSR count). The van der Waals surface area contributed by atoms with E-state index in [2.05, 4.69) is 16.0 Å². The molecule has 12 heteroatoms. The van der Waals surface area contributed by atoms with E-state index in [4.69, 9.17) is 9.47 Å². The Morgan fingerprint density at radius 3 is 2.36 bits per heavy atom. The number of carbonyl (C=O) groups excluding carboxylic acids is 4. The third-order valence-electron chi connectivity index (χ3n) is 7.78. The number of ether oxygens (including phenoxy) is 2. The second-order valence-corrected chi connectivity index (χ2v) is 13.6. The summed E-state index contributed by atoms with van der Waals surface area (Å²) >= 11 is 1.41. The summed E-state index contributed by atoms with van der Waals surface area (Å²) in [6.45, 7) is 6.83. The monoisotopic (exact) mass is 664 g/mol. The van der Waals surface area contributed by atoms with Crippen LogP contribution < -0.4 is 20.7 Å². The van der Waals surface area contributed by atoms with Crippen LogP contribution in [0.2, 0.25) is 0 Å². The van der Waals surface area contributed by atoms with Gasteiger partial charge in [-0.3, -0.25) is 19.2 Å². The standard InChI is InChI=1S/C35H44N4O7S/c1-22(45-5)30(37-29(40)19-46-28-17-11-15-24-14-9-10-16-25(24)28)33(43)36-26(18-23-12-7-6-8-13-23)31(41)34(44)39-21-47-20-27(39)32(42)38-35(2,3)4/h6-17,22,26-27,30-31,41H,18-21H2,1-5H3,(H,36,43)(H,37,40)(H,38,42)/t22?,26-,27-,30-,31-/m0/s1. The van der Waals surface area contributed by atoms with Crippen LogP contribution in [-0.4, -0.2) is 94.9 Å². The Labute approximate surface area is 279 Å². The Hall–Kier alpha value is -4.13. The van der Waals surface area contributed by atoms with Gasteiger partial charge in [0.05, 0.1) is 18.0 Å². The average molecular weight is 665 g/mol. The van der Waals surface area contributed by atoms with Crippen LogP contribution in [0.3, 0.4) is 0 Å². The van der Waals surface area contributed by atoms with Crippen LogP contribution in [0.5, 0.6) is 5.75 Å². The number of fused-ring (bicyclic) bond motifs is 1. The number of nitrogens with zero attached hydrogens (tertiary/aromatic N) is 1. The first kappa shape index (κ1) is 35.7. The van der Waals surface area contributed by atoms with Crippen molar-refractivity contribution in [3.05, 3.63) is 78.4 Å². The van der Waals surface area contributed by atoms with E-state index in [0.29, 0.717) is 11.5 Å². The number of hydrogen-bond acceptors (Lipinski definition) is 8. The molecular formula is C35H44N4O7S. The number of aliphatic hydroxyl groups is 1. The Balaban J connectivity index is 1.49. The summed E-state index contributed by atoms with van der Waals surface area (Å²) in [5.74, 6) is -1.05. The molecule has 1 fully saturated rings. The molecule has 0 saturated carbocycles. The number of carbonyl (C=O) groups is 4. The minimum absolute atomic E-state index is 0.117. The summed E-state index contributed by atoms with van der Waals surface area (Å²) in [6, 6.07) is 19.3. The molecule has 11 nitrogen and oxygen atoms in total. The lowest BCUT2D eigenvalue weighted by Gasteiger charge is -2.32. The van der Waals surface area contributed by atoms with Crippen LogP contribution >= 0.6 is 11.8 Å². The van der Waals surface area contributed by atoms with Crippen LogP contribution in [0.25, 0.3) is 10.8 Å². The van der Waals surface area contributed by atoms with E-state index in [1.807, 2.05) is 87.5 Å². The van der Waals surface area contributed by atoms with E-state index in [9.17, 15) is 24.3 Å². The number of thioether (sulfide) groups is 1. The van der Waals surface area contributed by atoms with E-state index in [1.165, 1.54) is 23.8 Å². The van der Waals surface area contributed by atoms with Crippen molar-refractivity contribution in [2.45, 2.75) is 70.0 Å². The minimum Gasteiger partial charge on any atom is -0.483 e. The van der Waals surface area contributed by atoms with Crippen LogP contribution in [0.15, 0.2) is 72.8 Å². The van der Waals surface area contributed by atoms with Gasteiger partial charge >= 0.3 is 0 Å². The maximum absolute atomic E-state index is 13.8. The van der Waals surface area contributed by atoms with Gasteiger partial charge in [0.2, 0.25) is 11.8 Å². The number of rotatable bonds is 13. The van der Waals surface area contributed by atoms with Crippen molar-refractivity contribution in [3.8, 4) is 5.75 Å². The normalized spacial score (nSPS) is 17.3. The summed E-state index contributed by atoms with van der Waals surface area (Å²) in [6.07, 6.45) is -2.32. The zero-order valence-electron chi connectivity index (χ0n) is 27.4. The molecule has 3 aromatic carbocycles. The number of benzene rings is 3. The topological polar surface area (TPSA) is 146 Å². The second-order valence-electron chi connectivity index (χ2n) is 12.6. The fourth-order valence-corrected chi connectivity index (χ4v) is 6.43. The summed E-state index contributed by atoms with van der Waals surface area (Å²) < 4.78 is 11.2. The lowest BCUT2D eigenvalue weighted by atomic mass is 9.98. The summed E-state index contributed by atoms with van der Waals surface area (Å²) in [5, 5.41) is 21.6. The lowest BCUT2D eigenvalue weighted by Crippen LogP contribution is -2.61. The third kappa shape index (κ3) is 9.69. The highest BCUT2D eigenvalue weighted by molar-refractivity contribution is 7.99. The van der Waals surface area contributed by atoms with Crippen molar-refractivity contribution in [1.82, 2.24) is 20.9 Å². The zero-order chi connectivity index (χ0) is 34.1. The van der Waals surface area contributed by atoms with Gasteiger partial charge in [0, 0.05) is 23.8 Å². The van der Waals surface area contributed by atoms with Crippen LogP contribution in [-0.2, 0) is 30.3 Å². The van der Waals surface area contributed by atoms with Crippen molar-refractivity contribution in [1.29, 1.82) is 0 Å². The Morgan fingerprint density at radius 1 is 0.979 bits per heavy atom. The molecule has 4 amide bonds. The summed E-state index contributed by atoms with van der Waals surface area (Å²) in [5.41, 5.74) is 0.269. The van der Waals surface area contributed by atoms with Gasteiger partial charge in [-0.25, -0.2) is 0 Å². The van der Waals surface area contributed by atoms with Crippen molar-refractivity contribution < 1.29 is 33.8 Å².